The highest BCUT2D eigenvalue weighted by Crippen LogP contribution is 2.25. The SMILES string of the molecule is CCC(C)NC(=O)CSc1nnc(-c2ccccc2C)o1. The second-order valence-electron chi connectivity index (χ2n) is 4.85. The van der Waals surface area contributed by atoms with Gasteiger partial charge in [0.1, 0.15) is 0 Å². The Morgan fingerprint density at radius 2 is 2.14 bits per heavy atom. The highest BCUT2D eigenvalue weighted by Gasteiger charge is 2.13. The third kappa shape index (κ3) is 4.32. The molecule has 0 aliphatic heterocycles. The Bertz CT molecular complexity index is 612. The second kappa shape index (κ2) is 7.26. The minimum absolute atomic E-state index is 0.0232. The van der Waals surface area contributed by atoms with Gasteiger partial charge in [0.2, 0.25) is 11.8 Å². The number of rotatable bonds is 6. The van der Waals surface area contributed by atoms with E-state index < -0.39 is 0 Å². The van der Waals surface area contributed by atoms with Gasteiger partial charge in [0.15, 0.2) is 0 Å². The number of amides is 1. The Morgan fingerprint density at radius 1 is 1.38 bits per heavy atom. The summed E-state index contributed by atoms with van der Waals surface area (Å²) >= 11 is 1.25. The van der Waals surface area contributed by atoms with Gasteiger partial charge >= 0.3 is 0 Å². The van der Waals surface area contributed by atoms with E-state index in [2.05, 4.69) is 15.5 Å². The number of nitrogens with one attached hydrogen (secondary N) is 1. The van der Waals surface area contributed by atoms with E-state index in [-0.39, 0.29) is 17.7 Å². The summed E-state index contributed by atoms with van der Waals surface area (Å²) in [5, 5.41) is 11.3. The van der Waals surface area contributed by atoms with E-state index in [0.717, 1.165) is 17.5 Å². The van der Waals surface area contributed by atoms with E-state index in [1.165, 1.54) is 11.8 Å². The molecule has 1 atom stereocenters. The lowest BCUT2D eigenvalue weighted by Gasteiger charge is -2.09. The number of thioether (sulfide) groups is 1. The molecule has 0 fully saturated rings. The number of nitrogens with zero attached hydrogens (tertiary/aromatic N) is 2. The Balaban J connectivity index is 1.95. The molecule has 0 aliphatic rings. The van der Waals surface area contributed by atoms with Crippen LogP contribution in [0.3, 0.4) is 0 Å². The predicted molar refractivity (Wildman–Crippen MR) is 83.1 cm³/mol. The Hall–Kier alpha value is -1.82. The van der Waals surface area contributed by atoms with Crippen LogP contribution < -0.4 is 5.32 Å². The number of aryl methyl sites for hydroxylation is 1. The molecule has 1 aromatic carbocycles. The molecule has 0 saturated carbocycles. The average molecular weight is 305 g/mol. The third-order valence-electron chi connectivity index (χ3n) is 3.13. The molecule has 0 spiro atoms. The lowest BCUT2D eigenvalue weighted by atomic mass is 10.1. The fourth-order valence-corrected chi connectivity index (χ4v) is 2.31. The molecule has 5 nitrogen and oxygen atoms in total. The summed E-state index contributed by atoms with van der Waals surface area (Å²) < 4.78 is 5.59. The maximum absolute atomic E-state index is 11.7. The molecule has 6 heteroatoms. The smallest absolute Gasteiger partial charge is 0.277 e. The van der Waals surface area contributed by atoms with Gasteiger partial charge in [0.05, 0.1) is 5.75 Å². The first-order chi connectivity index (χ1) is 10.1. The van der Waals surface area contributed by atoms with Crippen LogP contribution in [0, 0.1) is 6.92 Å². The third-order valence-corrected chi connectivity index (χ3v) is 3.95. The van der Waals surface area contributed by atoms with Crippen LogP contribution in [0.5, 0.6) is 0 Å². The van der Waals surface area contributed by atoms with Crippen LogP contribution in [-0.2, 0) is 4.79 Å². The van der Waals surface area contributed by atoms with Gasteiger partial charge in [-0.2, -0.15) is 0 Å². The Kier molecular flexibility index (Phi) is 5.38. The van der Waals surface area contributed by atoms with Crippen molar-refractivity contribution in [2.75, 3.05) is 5.75 Å². The van der Waals surface area contributed by atoms with Crippen molar-refractivity contribution in [3.05, 3.63) is 29.8 Å². The van der Waals surface area contributed by atoms with E-state index in [1.54, 1.807) is 0 Å². The summed E-state index contributed by atoms with van der Waals surface area (Å²) in [6.45, 7) is 6.00. The Morgan fingerprint density at radius 3 is 2.86 bits per heavy atom. The van der Waals surface area contributed by atoms with Gasteiger partial charge in [-0.15, -0.1) is 10.2 Å². The quantitative estimate of drug-likeness (QED) is 0.831. The van der Waals surface area contributed by atoms with Gasteiger partial charge in [-0.3, -0.25) is 4.79 Å². The number of carbonyl (C=O) groups excluding carboxylic acids is 1. The number of benzene rings is 1. The van der Waals surface area contributed by atoms with Crippen molar-refractivity contribution in [1.29, 1.82) is 0 Å². The summed E-state index contributed by atoms with van der Waals surface area (Å²) in [5.74, 6) is 0.739. The molecule has 0 bridgehead atoms. The van der Waals surface area contributed by atoms with E-state index in [0.29, 0.717) is 11.1 Å². The van der Waals surface area contributed by atoms with Crippen molar-refractivity contribution in [1.82, 2.24) is 15.5 Å². The maximum Gasteiger partial charge on any atom is 0.277 e. The van der Waals surface area contributed by atoms with Crippen LogP contribution in [0.4, 0.5) is 0 Å². The summed E-state index contributed by atoms with van der Waals surface area (Å²) in [6.07, 6.45) is 0.911. The zero-order valence-corrected chi connectivity index (χ0v) is 13.2. The van der Waals surface area contributed by atoms with Crippen molar-refractivity contribution in [2.45, 2.75) is 38.5 Å². The minimum Gasteiger partial charge on any atom is -0.411 e. The summed E-state index contributed by atoms with van der Waals surface area (Å²) in [5.41, 5.74) is 1.99. The Labute approximate surface area is 128 Å². The molecule has 2 aromatic rings. The van der Waals surface area contributed by atoms with Gasteiger partial charge in [-0.25, -0.2) is 0 Å². The van der Waals surface area contributed by atoms with Crippen molar-refractivity contribution in [3.8, 4) is 11.5 Å². The number of carbonyl (C=O) groups is 1. The number of hydrogen-bond acceptors (Lipinski definition) is 5. The average Bonchev–Trinajstić information content (AvgIpc) is 2.94. The molecule has 2 rings (SSSR count). The second-order valence-corrected chi connectivity index (χ2v) is 5.78. The van der Waals surface area contributed by atoms with Crippen LogP contribution in [0.1, 0.15) is 25.8 Å². The molecular weight excluding hydrogens is 286 g/mol. The molecule has 112 valence electrons. The molecule has 1 unspecified atom stereocenters. The fourth-order valence-electron chi connectivity index (χ4n) is 1.74. The normalized spacial score (nSPS) is 12.1. The van der Waals surface area contributed by atoms with Gasteiger partial charge < -0.3 is 9.73 Å². The lowest BCUT2D eigenvalue weighted by Crippen LogP contribution is -2.33. The maximum atomic E-state index is 11.7. The largest absolute Gasteiger partial charge is 0.411 e. The van der Waals surface area contributed by atoms with Crippen molar-refractivity contribution >= 4 is 17.7 Å². The minimum atomic E-state index is -0.0232. The first kappa shape index (κ1) is 15.6. The van der Waals surface area contributed by atoms with E-state index >= 15 is 0 Å². The van der Waals surface area contributed by atoms with E-state index in [1.807, 2.05) is 45.0 Å². The molecule has 1 N–H and O–H groups in total. The molecular formula is C15H19N3O2S. The number of aromatic nitrogens is 2. The first-order valence-corrected chi connectivity index (χ1v) is 7.90. The van der Waals surface area contributed by atoms with Crippen molar-refractivity contribution in [2.24, 2.45) is 0 Å². The fraction of sp³-hybridized carbons (Fsp3) is 0.400. The summed E-state index contributed by atoms with van der Waals surface area (Å²) in [7, 11) is 0. The van der Waals surface area contributed by atoms with Crippen molar-refractivity contribution in [3.63, 3.8) is 0 Å². The predicted octanol–water partition coefficient (Wildman–Crippen LogP) is 3.05. The highest BCUT2D eigenvalue weighted by molar-refractivity contribution is 7.99. The van der Waals surface area contributed by atoms with Crippen LogP contribution in [0.25, 0.3) is 11.5 Å². The van der Waals surface area contributed by atoms with Gasteiger partial charge in [-0.05, 0) is 31.9 Å². The van der Waals surface area contributed by atoms with E-state index in [4.69, 9.17) is 4.42 Å². The summed E-state index contributed by atoms with van der Waals surface area (Å²) in [4.78, 5) is 11.7. The molecule has 1 aromatic heterocycles. The van der Waals surface area contributed by atoms with Crippen LogP contribution in [0.15, 0.2) is 33.9 Å². The first-order valence-electron chi connectivity index (χ1n) is 6.91. The van der Waals surface area contributed by atoms with Gasteiger partial charge in [-0.1, -0.05) is 36.9 Å². The van der Waals surface area contributed by atoms with Crippen LogP contribution >= 0.6 is 11.8 Å². The standard InChI is InChI=1S/C15H19N3O2S/c1-4-11(3)16-13(19)9-21-15-18-17-14(20-15)12-8-6-5-7-10(12)2/h5-8,11H,4,9H2,1-3H3,(H,16,19). The molecule has 21 heavy (non-hydrogen) atoms. The molecule has 1 heterocycles. The molecule has 0 radical (unpaired) electrons. The topological polar surface area (TPSA) is 68.0 Å². The summed E-state index contributed by atoms with van der Waals surface area (Å²) in [6, 6.07) is 8.00. The van der Waals surface area contributed by atoms with Crippen molar-refractivity contribution < 1.29 is 9.21 Å². The zero-order chi connectivity index (χ0) is 15.2. The van der Waals surface area contributed by atoms with Gasteiger partial charge in [0.25, 0.3) is 5.22 Å². The molecule has 0 saturated heterocycles. The molecule has 0 aliphatic carbocycles. The van der Waals surface area contributed by atoms with E-state index in [9.17, 15) is 4.79 Å². The highest BCUT2D eigenvalue weighted by atomic mass is 32.2. The van der Waals surface area contributed by atoms with Gasteiger partial charge in [0, 0.05) is 11.6 Å². The monoisotopic (exact) mass is 305 g/mol. The number of hydrogen-bond donors (Lipinski definition) is 1. The lowest BCUT2D eigenvalue weighted by molar-refractivity contribution is -0.119. The van der Waals surface area contributed by atoms with Crippen LogP contribution in [0.2, 0.25) is 0 Å². The molecule has 1 amide bonds. The zero-order valence-electron chi connectivity index (χ0n) is 12.4. The van der Waals surface area contributed by atoms with Crippen LogP contribution in [-0.4, -0.2) is 27.9 Å².